The molecule has 2 amide bonds. The van der Waals surface area contributed by atoms with Crippen molar-refractivity contribution in [3.05, 3.63) is 30.1 Å². The van der Waals surface area contributed by atoms with Gasteiger partial charge in [-0.1, -0.05) is 0 Å². The summed E-state index contributed by atoms with van der Waals surface area (Å²) in [5.41, 5.74) is 0.898. The summed E-state index contributed by atoms with van der Waals surface area (Å²) in [5.74, 6) is -1.25. The maximum atomic E-state index is 11.5. The van der Waals surface area contributed by atoms with Crippen molar-refractivity contribution in [1.82, 2.24) is 15.6 Å². The molecule has 1 atom stereocenters. The van der Waals surface area contributed by atoms with Crippen molar-refractivity contribution in [2.45, 2.75) is 25.5 Å². The Morgan fingerprint density at radius 3 is 2.68 bits per heavy atom. The van der Waals surface area contributed by atoms with Gasteiger partial charge in [0, 0.05) is 32.1 Å². The third-order valence-electron chi connectivity index (χ3n) is 2.92. The third-order valence-corrected chi connectivity index (χ3v) is 2.92. The predicted molar refractivity (Wildman–Crippen MR) is 68.1 cm³/mol. The van der Waals surface area contributed by atoms with E-state index in [0.29, 0.717) is 13.1 Å². The minimum atomic E-state index is -0.630. The van der Waals surface area contributed by atoms with Crippen molar-refractivity contribution in [3.63, 3.8) is 0 Å². The molecular formula is C13H17N3O3. The van der Waals surface area contributed by atoms with E-state index < -0.39 is 11.8 Å². The Balaban J connectivity index is 1.68. The van der Waals surface area contributed by atoms with Gasteiger partial charge >= 0.3 is 11.8 Å². The molecule has 0 saturated carbocycles. The summed E-state index contributed by atoms with van der Waals surface area (Å²) in [4.78, 5) is 26.9. The molecule has 2 N–H and O–H groups in total. The maximum absolute atomic E-state index is 11.5. The topological polar surface area (TPSA) is 80.3 Å². The second-order valence-electron chi connectivity index (χ2n) is 4.38. The van der Waals surface area contributed by atoms with Crippen molar-refractivity contribution in [2.75, 3.05) is 13.2 Å². The molecule has 1 aliphatic heterocycles. The van der Waals surface area contributed by atoms with Gasteiger partial charge in [0.05, 0.1) is 6.10 Å². The molecular weight excluding hydrogens is 246 g/mol. The molecule has 0 spiro atoms. The van der Waals surface area contributed by atoms with Gasteiger partial charge in [-0.3, -0.25) is 14.6 Å². The van der Waals surface area contributed by atoms with Gasteiger partial charge < -0.3 is 15.4 Å². The fraction of sp³-hybridized carbons (Fsp3) is 0.462. The lowest BCUT2D eigenvalue weighted by atomic mass is 10.2. The fourth-order valence-electron chi connectivity index (χ4n) is 1.86. The fourth-order valence-corrected chi connectivity index (χ4v) is 1.86. The van der Waals surface area contributed by atoms with Gasteiger partial charge in [0.25, 0.3) is 0 Å². The van der Waals surface area contributed by atoms with E-state index in [9.17, 15) is 9.59 Å². The molecule has 1 unspecified atom stereocenters. The van der Waals surface area contributed by atoms with Crippen LogP contribution >= 0.6 is 0 Å². The lowest BCUT2D eigenvalue weighted by molar-refractivity contribution is -0.139. The van der Waals surface area contributed by atoms with Crippen LogP contribution in [0.5, 0.6) is 0 Å². The van der Waals surface area contributed by atoms with Crippen molar-refractivity contribution >= 4 is 11.8 Å². The first-order chi connectivity index (χ1) is 9.25. The zero-order chi connectivity index (χ0) is 13.5. The van der Waals surface area contributed by atoms with Crippen LogP contribution in [0.1, 0.15) is 18.4 Å². The lowest BCUT2D eigenvalue weighted by Gasteiger charge is -2.10. The van der Waals surface area contributed by atoms with Crippen molar-refractivity contribution in [1.29, 1.82) is 0 Å². The Morgan fingerprint density at radius 2 is 2.00 bits per heavy atom. The van der Waals surface area contributed by atoms with Crippen LogP contribution in [-0.2, 0) is 20.9 Å². The molecule has 0 aliphatic carbocycles. The number of nitrogens with one attached hydrogen (secondary N) is 2. The molecule has 19 heavy (non-hydrogen) atoms. The molecule has 2 rings (SSSR count). The molecule has 1 aromatic rings. The number of pyridine rings is 1. The maximum Gasteiger partial charge on any atom is 0.309 e. The van der Waals surface area contributed by atoms with Crippen LogP contribution in [0.2, 0.25) is 0 Å². The average molecular weight is 263 g/mol. The van der Waals surface area contributed by atoms with Gasteiger partial charge in [-0.25, -0.2) is 0 Å². The van der Waals surface area contributed by atoms with Crippen LogP contribution in [0.25, 0.3) is 0 Å². The molecule has 1 aliphatic rings. The Morgan fingerprint density at radius 1 is 1.26 bits per heavy atom. The molecule has 1 saturated heterocycles. The number of carbonyl (C=O) groups excluding carboxylic acids is 2. The van der Waals surface area contributed by atoms with Crippen LogP contribution < -0.4 is 10.6 Å². The van der Waals surface area contributed by atoms with Crippen LogP contribution in [0.3, 0.4) is 0 Å². The average Bonchev–Trinajstić information content (AvgIpc) is 2.96. The van der Waals surface area contributed by atoms with E-state index in [1.165, 1.54) is 0 Å². The summed E-state index contributed by atoms with van der Waals surface area (Å²) in [6.45, 7) is 1.44. The number of hydrogen-bond donors (Lipinski definition) is 2. The highest BCUT2D eigenvalue weighted by Crippen LogP contribution is 2.10. The molecule has 0 aromatic carbocycles. The Labute approximate surface area is 111 Å². The summed E-state index contributed by atoms with van der Waals surface area (Å²) < 4.78 is 5.36. The van der Waals surface area contributed by atoms with Crippen LogP contribution in [0.4, 0.5) is 0 Å². The molecule has 6 nitrogen and oxygen atoms in total. The second kappa shape index (κ2) is 6.84. The number of carbonyl (C=O) groups is 2. The molecule has 1 aromatic heterocycles. The van der Waals surface area contributed by atoms with Gasteiger partial charge in [-0.05, 0) is 30.5 Å². The minimum Gasteiger partial charge on any atom is -0.376 e. The van der Waals surface area contributed by atoms with Crippen LogP contribution in [0.15, 0.2) is 24.5 Å². The van der Waals surface area contributed by atoms with Gasteiger partial charge in [0.2, 0.25) is 0 Å². The highest BCUT2D eigenvalue weighted by atomic mass is 16.5. The number of aromatic nitrogens is 1. The Bertz CT molecular complexity index is 430. The van der Waals surface area contributed by atoms with E-state index in [2.05, 4.69) is 15.6 Å². The monoisotopic (exact) mass is 263 g/mol. The summed E-state index contributed by atoms with van der Waals surface area (Å²) in [6.07, 6.45) is 5.25. The van der Waals surface area contributed by atoms with E-state index in [1.54, 1.807) is 24.5 Å². The first-order valence-electron chi connectivity index (χ1n) is 6.32. The van der Waals surface area contributed by atoms with E-state index in [4.69, 9.17) is 4.74 Å². The molecule has 2 heterocycles. The number of hydrogen-bond acceptors (Lipinski definition) is 4. The van der Waals surface area contributed by atoms with Gasteiger partial charge in [-0.15, -0.1) is 0 Å². The summed E-state index contributed by atoms with van der Waals surface area (Å²) >= 11 is 0. The SMILES string of the molecule is O=C(NCc1ccncc1)C(=O)NCC1CCCO1. The number of rotatable bonds is 4. The molecule has 0 bridgehead atoms. The van der Waals surface area contributed by atoms with Crippen molar-refractivity contribution < 1.29 is 14.3 Å². The molecule has 1 fully saturated rings. The van der Waals surface area contributed by atoms with Crippen LogP contribution in [0, 0.1) is 0 Å². The van der Waals surface area contributed by atoms with E-state index in [0.717, 1.165) is 25.0 Å². The predicted octanol–water partition coefficient (Wildman–Crippen LogP) is -0.00700. The van der Waals surface area contributed by atoms with Crippen molar-refractivity contribution in [2.24, 2.45) is 0 Å². The lowest BCUT2D eigenvalue weighted by Crippen LogP contribution is -2.42. The van der Waals surface area contributed by atoms with Crippen LogP contribution in [-0.4, -0.2) is 36.1 Å². The standard InChI is InChI=1S/C13H17N3O3/c17-12(15-8-10-3-5-14-6-4-10)13(18)16-9-11-2-1-7-19-11/h3-6,11H,1-2,7-9H2,(H,15,17)(H,16,18). The third kappa shape index (κ3) is 4.33. The molecule has 0 radical (unpaired) electrons. The highest BCUT2D eigenvalue weighted by Gasteiger charge is 2.18. The number of ether oxygens (including phenoxy) is 1. The van der Waals surface area contributed by atoms with E-state index in [-0.39, 0.29) is 6.10 Å². The number of nitrogens with zero attached hydrogens (tertiary/aromatic N) is 1. The summed E-state index contributed by atoms with van der Waals surface area (Å²) in [5, 5.41) is 5.13. The Hall–Kier alpha value is -1.95. The summed E-state index contributed by atoms with van der Waals surface area (Å²) in [7, 11) is 0. The Kier molecular flexibility index (Phi) is 4.85. The molecule has 102 valence electrons. The largest absolute Gasteiger partial charge is 0.376 e. The van der Waals surface area contributed by atoms with Gasteiger partial charge in [-0.2, -0.15) is 0 Å². The summed E-state index contributed by atoms with van der Waals surface area (Å²) in [6, 6.07) is 3.56. The van der Waals surface area contributed by atoms with Crippen molar-refractivity contribution in [3.8, 4) is 0 Å². The van der Waals surface area contributed by atoms with E-state index >= 15 is 0 Å². The highest BCUT2D eigenvalue weighted by molar-refractivity contribution is 6.35. The van der Waals surface area contributed by atoms with Gasteiger partial charge in [0.1, 0.15) is 0 Å². The van der Waals surface area contributed by atoms with Gasteiger partial charge in [0.15, 0.2) is 0 Å². The minimum absolute atomic E-state index is 0.0388. The zero-order valence-electron chi connectivity index (χ0n) is 10.6. The normalized spacial score (nSPS) is 18.0. The zero-order valence-corrected chi connectivity index (χ0v) is 10.6. The quantitative estimate of drug-likeness (QED) is 0.749. The first-order valence-corrected chi connectivity index (χ1v) is 6.32. The second-order valence-corrected chi connectivity index (χ2v) is 4.38. The first kappa shape index (κ1) is 13.5. The smallest absolute Gasteiger partial charge is 0.309 e. The number of amides is 2. The van der Waals surface area contributed by atoms with E-state index in [1.807, 2.05) is 0 Å². The molecule has 6 heteroatoms.